The van der Waals surface area contributed by atoms with Crippen molar-refractivity contribution in [3.63, 3.8) is 0 Å². The highest BCUT2D eigenvalue weighted by Crippen LogP contribution is 2.26. The number of hydrogen-bond donors (Lipinski definition) is 1. The van der Waals surface area contributed by atoms with E-state index in [-0.39, 0.29) is 24.1 Å². The average molecular weight is 550 g/mol. The van der Waals surface area contributed by atoms with Crippen molar-refractivity contribution in [2.24, 2.45) is 5.92 Å². The molecule has 2 rings (SSSR count). The Morgan fingerprint density at radius 2 is 1.52 bits per heavy atom. The van der Waals surface area contributed by atoms with Crippen LogP contribution < -0.4 is 5.32 Å². The zero-order chi connectivity index (χ0) is 24.5. The van der Waals surface area contributed by atoms with Crippen LogP contribution in [-0.2, 0) is 21.9 Å². The molecule has 0 spiro atoms. The molecule has 0 fully saturated rings. The van der Waals surface area contributed by atoms with Gasteiger partial charge in [-0.2, -0.15) is 0 Å². The molecule has 1 N–H and O–H groups in total. The Bertz CT molecular complexity index is 971. The van der Waals surface area contributed by atoms with Crippen LogP contribution in [0.3, 0.4) is 0 Å². The Kier molecular flexibility index (Phi) is 11.7. The van der Waals surface area contributed by atoms with Crippen molar-refractivity contribution in [2.45, 2.75) is 45.5 Å². The topological polar surface area (TPSA) is 49.4 Å². The van der Waals surface area contributed by atoms with Gasteiger partial charge in [-0.15, -0.1) is 11.8 Å². The number of carbonyl (C=O) groups excluding carboxylic acids is 2. The minimum Gasteiger partial charge on any atom is -0.354 e. The van der Waals surface area contributed by atoms with Crippen LogP contribution >= 0.6 is 58.2 Å². The Morgan fingerprint density at radius 3 is 2.06 bits per heavy atom. The Hall–Kier alpha value is -1.11. The summed E-state index contributed by atoms with van der Waals surface area (Å²) in [6.45, 7) is 6.77. The first-order chi connectivity index (χ1) is 15.6. The van der Waals surface area contributed by atoms with Crippen LogP contribution in [0.5, 0.6) is 0 Å². The van der Waals surface area contributed by atoms with Gasteiger partial charge in [0.25, 0.3) is 0 Å². The summed E-state index contributed by atoms with van der Waals surface area (Å²) in [5.41, 5.74) is 1.78. The molecule has 1 atom stereocenters. The largest absolute Gasteiger partial charge is 0.354 e. The van der Waals surface area contributed by atoms with Crippen molar-refractivity contribution in [2.75, 3.05) is 12.3 Å². The number of carbonyl (C=O) groups is 2. The molecule has 0 aliphatic rings. The van der Waals surface area contributed by atoms with Gasteiger partial charge in [0.05, 0.1) is 25.8 Å². The fourth-order valence-electron chi connectivity index (χ4n) is 3.15. The summed E-state index contributed by atoms with van der Waals surface area (Å²) in [4.78, 5) is 27.8. The summed E-state index contributed by atoms with van der Waals surface area (Å²) >= 11 is 25.7. The molecular formula is C24H28Cl4N2O2S. The molecule has 1 unspecified atom stereocenters. The molecule has 33 heavy (non-hydrogen) atoms. The van der Waals surface area contributed by atoms with E-state index >= 15 is 0 Å². The second kappa shape index (κ2) is 13.7. The number of thioether (sulfide) groups is 1. The second-order valence-electron chi connectivity index (χ2n) is 8.07. The molecule has 2 amide bonds. The molecular weight excluding hydrogens is 522 g/mol. The molecule has 4 nitrogen and oxygen atoms in total. The fraction of sp³-hybridized carbons (Fsp3) is 0.417. The lowest BCUT2D eigenvalue weighted by Crippen LogP contribution is -2.50. The second-order valence-corrected chi connectivity index (χ2v) is 10.7. The minimum absolute atomic E-state index is 0.127. The van der Waals surface area contributed by atoms with Crippen LogP contribution in [0.15, 0.2) is 36.4 Å². The SMILES string of the molecule is CCC(C(=O)NCC(C)C)N(Cc1ccc(Cl)c(Cl)c1)C(=O)CSCc1ccc(Cl)c(Cl)c1. The van der Waals surface area contributed by atoms with E-state index in [9.17, 15) is 9.59 Å². The third kappa shape index (κ3) is 8.88. The predicted molar refractivity (Wildman–Crippen MR) is 142 cm³/mol. The number of amides is 2. The van der Waals surface area contributed by atoms with E-state index in [1.807, 2.05) is 32.9 Å². The summed E-state index contributed by atoms with van der Waals surface area (Å²) in [5, 5.41) is 4.78. The summed E-state index contributed by atoms with van der Waals surface area (Å²) in [5.74, 6) is 0.842. The maximum absolute atomic E-state index is 13.3. The summed E-state index contributed by atoms with van der Waals surface area (Å²) in [6, 6.07) is 10.1. The van der Waals surface area contributed by atoms with E-state index < -0.39 is 6.04 Å². The Labute approximate surface area is 220 Å². The van der Waals surface area contributed by atoms with Gasteiger partial charge in [0.2, 0.25) is 11.8 Å². The molecule has 0 saturated carbocycles. The van der Waals surface area contributed by atoms with Gasteiger partial charge >= 0.3 is 0 Å². The number of rotatable bonds is 11. The highest BCUT2D eigenvalue weighted by molar-refractivity contribution is 7.99. The van der Waals surface area contributed by atoms with Crippen LogP contribution in [0.4, 0.5) is 0 Å². The average Bonchev–Trinajstić information content (AvgIpc) is 2.76. The number of nitrogens with zero attached hydrogens (tertiary/aromatic N) is 1. The van der Waals surface area contributed by atoms with Crippen LogP contribution in [0.2, 0.25) is 20.1 Å². The van der Waals surface area contributed by atoms with Gasteiger partial charge in [-0.3, -0.25) is 9.59 Å². The van der Waals surface area contributed by atoms with Crippen LogP contribution in [0.1, 0.15) is 38.3 Å². The predicted octanol–water partition coefficient (Wildman–Crippen LogP) is 7.11. The third-order valence-electron chi connectivity index (χ3n) is 4.89. The quantitative estimate of drug-likeness (QED) is 0.325. The van der Waals surface area contributed by atoms with Crippen molar-refractivity contribution in [3.8, 4) is 0 Å². The third-order valence-corrected chi connectivity index (χ3v) is 7.35. The first kappa shape index (κ1) is 28.1. The van der Waals surface area contributed by atoms with Crippen LogP contribution in [0, 0.1) is 5.92 Å². The van der Waals surface area contributed by atoms with Crippen LogP contribution in [-0.4, -0.2) is 35.1 Å². The molecule has 2 aromatic carbocycles. The number of hydrogen-bond acceptors (Lipinski definition) is 3. The molecule has 0 aromatic heterocycles. The van der Waals surface area contributed by atoms with Gasteiger partial charge in [0, 0.05) is 18.8 Å². The van der Waals surface area contributed by atoms with Crippen molar-refractivity contribution < 1.29 is 9.59 Å². The number of halogens is 4. The highest BCUT2D eigenvalue weighted by atomic mass is 35.5. The molecule has 9 heteroatoms. The van der Waals surface area contributed by atoms with Gasteiger partial charge in [0.15, 0.2) is 0 Å². The highest BCUT2D eigenvalue weighted by Gasteiger charge is 2.28. The zero-order valence-electron chi connectivity index (χ0n) is 18.8. The first-order valence-electron chi connectivity index (χ1n) is 10.6. The summed E-state index contributed by atoms with van der Waals surface area (Å²) in [7, 11) is 0. The molecule has 0 radical (unpaired) electrons. The first-order valence-corrected chi connectivity index (χ1v) is 13.3. The normalized spacial score (nSPS) is 12.0. The molecule has 0 saturated heterocycles. The smallest absolute Gasteiger partial charge is 0.242 e. The van der Waals surface area contributed by atoms with Gasteiger partial charge in [0.1, 0.15) is 6.04 Å². The monoisotopic (exact) mass is 548 g/mol. The van der Waals surface area contributed by atoms with Crippen molar-refractivity contribution in [1.29, 1.82) is 0 Å². The van der Waals surface area contributed by atoms with Crippen molar-refractivity contribution in [1.82, 2.24) is 10.2 Å². The number of nitrogens with one attached hydrogen (secondary N) is 1. The lowest BCUT2D eigenvalue weighted by atomic mass is 10.1. The van der Waals surface area contributed by atoms with Gasteiger partial charge in [-0.05, 0) is 47.7 Å². The zero-order valence-corrected chi connectivity index (χ0v) is 22.7. The summed E-state index contributed by atoms with van der Waals surface area (Å²) in [6.07, 6.45) is 0.494. The molecule has 0 aliphatic carbocycles. The summed E-state index contributed by atoms with van der Waals surface area (Å²) < 4.78 is 0. The van der Waals surface area contributed by atoms with E-state index in [4.69, 9.17) is 46.4 Å². The maximum Gasteiger partial charge on any atom is 0.242 e. The standard InChI is InChI=1S/C24H28Cl4N2O2S/c1-4-22(24(32)29-11-15(2)3)30(12-16-5-7-18(25)20(27)9-16)23(31)14-33-13-17-6-8-19(26)21(28)10-17/h5-10,15,22H,4,11-14H2,1-3H3,(H,29,32). The van der Waals surface area contributed by atoms with Gasteiger partial charge in [-0.1, -0.05) is 79.3 Å². The van der Waals surface area contributed by atoms with E-state index in [1.54, 1.807) is 29.2 Å². The fourth-order valence-corrected chi connectivity index (χ4v) is 4.64. The molecule has 0 bridgehead atoms. The van der Waals surface area contributed by atoms with E-state index in [1.165, 1.54) is 11.8 Å². The van der Waals surface area contributed by atoms with E-state index in [2.05, 4.69) is 5.32 Å². The van der Waals surface area contributed by atoms with E-state index in [0.717, 1.165) is 11.1 Å². The van der Waals surface area contributed by atoms with Gasteiger partial charge in [-0.25, -0.2) is 0 Å². The molecule has 0 aliphatic heterocycles. The Balaban J connectivity index is 2.16. The Morgan fingerprint density at radius 1 is 0.939 bits per heavy atom. The lowest BCUT2D eigenvalue weighted by Gasteiger charge is -2.31. The van der Waals surface area contributed by atoms with E-state index in [0.29, 0.717) is 44.7 Å². The number of benzene rings is 2. The maximum atomic E-state index is 13.3. The lowest BCUT2D eigenvalue weighted by molar-refractivity contribution is -0.139. The van der Waals surface area contributed by atoms with Crippen LogP contribution in [0.25, 0.3) is 0 Å². The minimum atomic E-state index is -0.587. The molecule has 2 aromatic rings. The molecule has 0 heterocycles. The van der Waals surface area contributed by atoms with Crippen molar-refractivity contribution >= 4 is 70.0 Å². The van der Waals surface area contributed by atoms with Crippen molar-refractivity contribution in [3.05, 3.63) is 67.6 Å². The molecule has 180 valence electrons. The van der Waals surface area contributed by atoms with Gasteiger partial charge < -0.3 is 10.2 Å².